The molecule has 0 spiro atoms. The second-order valence-corrected chi connectivity index (χ2v) is 14.6. The second kappa shape index (κ2) is 17.2. The molecule has 0 bridgehead atoms. The number of carbonyl (C=O) groups is 4. The topological polar surface area (TPSA) is 228 Å². The monoisotopic (exact) mass is 727 g/mol. The molecule has 0 saturated carbocycles. The number of carbonyl (C=O) groups excluding carboxylic acids is 3. The number of hydrogen-bond donors (Lipinski definition) is 8. The number of amides is 4. The predicted molar refractivity (Wildman–Crippen MR) is 192 cm³/mol. The number of sulfonamides is 1. The molecule has 4 amide bonds. The van der Waals surface area contributed by atoms with Crippen LogP contribution in [0, 0.1) is 26.2 Å². The summed E-state index contributed by atoms with van der Waals surface area (Å²) in [6.07, 6.45) is 0.813. The first kappa shape index (κ1) is 40.3. The van der Waals surface area contributed by atoms with Crippen LogP contribution < -0.4 is 36.0 Å². The molecule has 0 radical (unpaired) electrons. The maximum Gasteiger partial charge on any atom is 0.405 e. The minimum atomic E-state index is -4.16. The van der Waals surface area contributed by atoms with Gasteiger partial charge in [-0.1, -0.05) is 43.3 Å². The molecule has 0 aliphatic carbocycles. The quantitative estimate of drug-likeness (QED) is 0.0549. The smallest absolute Gasteiger partial charge is 0.405 e. The van der Waals surface area contributed by atoms with Gasteiger partial charge in [-0.25, -0.2) is 17.9 Å². The second-order valence-electron chi connectivity index (χ2n) is 13.0. The van der Waals surface area contributed by atoms with Crippen LogP contribution in [-0.2, 0) is 30.8 Å². The summed E-state index contributed by atoms with van der Waals surface area (Å²) in [5, 5.41) is 30.3. The van der Waals surface area contributed by atoms with Gasteiger partial charge in [0, 0.05) is 25.1 Å². The van der Waals surface area contributed by atoms with Gasteiger partial charge in [-0.3, -0.25) is 19.8 Å². The van der Waals surface area contributed by atoms with Crippen molar-refractivity contribution in [3.8, 4) is 5.75 Å². The first-order chi connectivity index (χ1) is 23.9. The number of carboxylic acid groups (broad SMARTS) is 1. The first-order valence-electron chi connectivity index (χ1n) is 16.6. The Bertz CT molecular complexity index is 1760. The molecule has 8 N–H and O–H groups in total. The molecule has 1 aliphatic heterocycles. The summed E-state index contributed by atoms with van der Waals surface area (Å²) in [5.41, 5.74) is 2.64. The summed E-state index contributed by atoms with van der Waals surface area (Å²) in [6, 6.07) is 5.12. The van der Waals surface area contributed by atoms with Crippen LogP contribution in [0.5, 0.6) is 5.75 Å². The van der Waals surface area contributed by atoms with E-state index in [4.69, 9.17) is 10.1 Å². The van der Waals surface area contributed by atoms with E-state index in [0.29, 0.717) is 34.4 Å². The largest absolute Gasteiger partial charge is 0.487 e. The Balaban J connectivity index is 1.61. The fraction of sp³-hybridized carbons (Fsp3) is 0.457. The lowest BCUT2D eigenvalue weighted by Gasteiger charge is -2.24. The number of hydrogen-bond acceptors (Lipinski definition) is 8. The van der Waals surface area contributed by atoms with E-state index in [1.54, 1.807) is 58.0 Å². The third kappa shape index (κ3) is 10.4. The molecule has 0 unspecified atom stereocenters. The minimum absolute atomic E-state index is 0.0198. The number of rotatable bonds is 16. The van der Waals surface area contributed by atoms with Crippen LogP contribution in [0.1, 0.15) is 73.9 Å². The van der Waals surface area contributed by atoms with Crippen LogP contribution in [0.3, 0.4) is 0 Å². The molecule has 0 aromatic heterocycles. The third-order valence-electron chi connectivity index (χ3n) is 8.53. The zero-order valence-corrected chi connectivity index (χ0v) is 30.7. The molecule has 51 heavy (non-hydrogen) atoms. The van der Waals surface area contributed by atoms with Crippen molar-refractivity contribution >= 4 is 39.8 Å². The highest BCUT2D eigenvalue weighted by Crippen LogP contribution is 2.43. The van der Waals surface area contributed by atoms with Crippen LogP contribution in [-0.4, -0.2) is 74.1 Å². The van der Waals surface area contributed by atoms with E-state index in [1.807, 2.05) is 13.8 Å². The Morgan fingerprint density at radius 3 is 2.22 bits per heavy atom. The Morgan fingerprint density at radius 1 is 0.961 bits per heavy atom. The van der Waals surface area contributed by atoms with Crippen molar-refractivity contribution in [1.82, 2.24) is 31.3 Å². The van der Waals surface area contributed by atoms with E-state index in [1.165, 1.54) is 6.08 Å². The van der Waals surface area contributed by atoms with Gasteiger partial charge in [-0.05, 0) is 76.1 Å². The minimum Gasteiger partial charge on any atom is -0.487 e. The summed E-state index contributed by atoms with van der Waals surface area (Å²) in [5.74, 6) is -1.71. The molecular weight excluding hydrogens is 678 g/mol. The van der Waals surface area contributed by atoms with Crippen LogP contribution in [0.4, 0.5) is 4.79 Å². The van der Waals surface area contributed by atoms with Crippen LogP contribution >= 0.6 is 0 Å². The maximum absolute atomic E-state index is 13.4. The number of nitrogens with one attached hydrogen (secondary N) is 7. The molecule has 16 heteroatoms. The van der Waals surface area contributed by atoms with Crippen LogP contribution in [0.25, 0.3) is 0 Å². The van der Waals surface area contributed by atoms with Gasteiger partial charge in [0.15, 0.2) is 0 Å². The van der Waals surface area contributed by atoms with E-state index >= 15 is 0 Å². The zero-order chi connectivity index (χ0) is 38.1. The van der Waals surface area contributed by atoms with Gasteiger partial charge >= 0.3 is 6.09 Å². The number of guanidine groups is 1. The molecule has 0 fully saturated rings. The summed E-state index contributed by atoms with van der Waals surface area (Å²) in [4.78, 5) is 50.9. The average molecular weight is 728 g/mol. The van der Waals surface area contributed by atoms with Gasteiger partial charge in [-0.2, -0.15) is 0 Å². The van der Waals surface area contributed by atoms with Crippen molar-refractivity contribution in [2.24, 2.45) is 0 Å². The maximum atomic E-state index is 13.4. The summed E-state index contributed by atoms with van der Waals surface area (Å²) in [7, 11) is -4.16. The van der Waals surface area contributed by atoms with Crippen molar-refractivity contribution in [1.29, 1.82) is 5.41 Å². The van der Waals surface area contributed by atoms with Gasteiger partial charge in [0.25, 0.3) is 10.0 Å². The van der Waals surface area contributed by atoms with Crippen molar-refractivity contribution in [2.75, 3.05) is 13.1 Å². The van der Waals surface area contributed by atoms with E-state index in [9.17, 15) is 32.7 Å². The molecule has 3 atom stereocenters. The number of ether oxygens (including phenoxy) is 1. The van der Waals surface area contributed by atoms with E-state index in [2.05, 4.69) is 37.9 Å². The molecule has 15 nitrogen and oxygen atoms in total. The lowest BCUT2D eigenvalue weighted by atomic mass is 9.94. The molecule has 0 saturated heterocycles. The Kier molecular flexibility index (Phi) is 13.6. The summed E-state index contributed by atoms with van der Waals surface area (Å²) >= 11 is 0. The van der Waals surface area contributed by atoms with Gasteiger partial charge in [0.2, 0.25) is 23.7 Å². The van der Waals surface area contributed by atoms with Gasteiger partial charge in [0.05, 0.1) is 4.90 Å². The SMILES string of the molecule is C=CCNC(=O)[C@H](NC(=O)[C@H](CC)NC(=O)[C@H](CCCNC(=N)NS(=O)(=O)c1c(C)c(C)c2c(c1C)CC(C)(C)O2)NC(=O)O)c1ccccc1. The molecule has 1 heterocycles. The van der Waals surface area contributed by atoms with Gasteiger partial charge in [0.1, 0.15) is 29.5 Å². The van der Waals surface area contributed by atoms with Crippen molar-refractivity contribution in [3.63, 3.8) is 0 Å². The van der Waals surface area contributed by atoms with E-state index < -0.39 is 63.5 Å². The summed E-state index contributed by atoms with van der Waals surface area (Å²) < 4.78 is 35.2. The highest BCUT2D eigenvalue weighted by atomic mass is 32.2. The van der Waals surface area contributed by atoms with Gasteiger partial charge < -0.3 is 36.4 Å². The van der Waals surface area contributed by atoms with E-state index in [0.717, 1.165) is 5.56 Å². The predicted octanol–water partition coefficient (Wildman–Crippen LogP) is 2.60. The summed E-state index contributed by atoms with van der Waals surface area (Å²) in [6.45, 7) is 14.5. The third-order valence-corrected chi connectivity index (χ3v) is 10.1. The normalized spacial score (nSPS) is 14.8. The van der Waals surface area contributed by atoms with Gasteiger partial charge in [-0.15, -0.1) is 6.58 Å². The Labute approximate surface area is 298 Å². The van der Waals surface area contributed by atoms with Crippen LogP contribution in [0.2, 0.25) is 0 Å². The lowest BCUT2D eigenvalue weighted by Crippen LogP contribution is -2.54. The molecular formula is C35H49N7O8S. The standard InChI is InChI=1S/C35H49N7O8S/c1-8-17-37-32(45)27(23-14-11-10-12-15-23)41-30(43)25(9-2)39-31(44)26(40-34(46)47)16-13-18-38-33(36)42-51(48,49)29-21(4)20(3)28-24(22(29)5)19-35(6,7)50-28/h8,10-12,14-15,25-27,40H,1,9,13,16-19H2,2-7H3,(H,37,45)(H,39,44)(H,41,43)(H,46,47)(H3,36,38,42)/t25-,26-,27+/m0/s1. The van der Waals surface area contributed by atoms with Crippen molar-refractivity contribution < 1.29 is 37.4 Å². The highest BCUT2D eigenvalue weighted by molar-refractivity contribution is 7.90. The Hall–Kier alpha value is -5.12. The highest BCUT2D eigenvalue weighted by Gasteiger charge is 2.37. The number of benzene rings is 2. The number of fused-ring (bicyclic) bond motifs is 1. The average Bonchev–Trinajstić information content (AvgIpc) is 3.40. The molecule has 278 valence electrons. The molecule has 2 aromatic rings. The van der Waals surface area contributed by atoms with Crippen molar-refractivity contribution in [2.45, 2.75) is 95.8 Å². The first-order valence-corrected chi connectivity index (χ1v) is 18.1. The molecule has 1 aliphatic rings. The molecule has 3 rings (SSSR count). The molecule has 2 aromatic carbocycles. The fourth-order valence-electron chi connectivity index (χ4n) is 5.90. The van der Waals surface area contributed by atoms with Crippen molar-refractivity contribution in [3.05, 3.63) is 70.8 Å². The zero-order valence-electron chi connectivity index (χ0n) is 29.9. The van der Waals surface area contributed by atoms with E-state index in [-0.39, 0.29) is 37.2 Å². The Morgan fingerprint density at radius 2 is 1.61 bits per heavy atom. The van der Waals surface area contributed by atoms with Crippen LogP contribution in [0.15, 0.2) is 47.9 Å². The fourth-order valence-corrected chi connectivity index (χ4v) is 7.42. The lowest BCUT2D eigenvalue weighted by molar-refractivity contribution is -0.132.